The van der Waals surface area contributed by atoms with Crippen molar-refractivity contribution in [1.29, 1.82) is 5.26 Å². The molecule has 1 aliphatic rings. The second-order valence-corrected chi connectivity index (χ2v) is 4.06. The molecule has 0 radical (unpaired) electrons. The minimum atomic E-state index is 0.383. The van der Waals surface area contributed by atoms with E-state index in [1.165, 1.54) is 12.0 Å². The second kappa shape index (κ2) is 5.00. The van der Waals surface area contributed by atoms with Crippen molar-refractivity contribution in [2.45, 2.75) is 25.3 Å². The number of nitriles is 1. The van der Waals surface area contributed by atoms with Gasteiger partial charge in [0.05, 0.1) is 19.6 Å². The van der Waals surface area contributed by atoms with Crippen molar-refractivity contribution in [1.82, 2.24) is 5.32 Å². The number of nitrogens with zero attached hydrogens (tertiary/aromatic N) is 1. The molecule has 1 saturated heterocycles. The van der Waals surface area contributed by atoms with Crippen molar-refractivity contribution in [3.8, 4) is 11.8 Å². The first kappa shape index (κ1) is 11.0. The number of hydrogen-bond acceptors (Lipinski definition) is 3. The van der Waals surface area contributed by atoms with Crippen molar-refractivity contribution in [3.63, 3.8) is 0 Å². The zero-order chi connectivity index (χ0) is 11.4. The van der Waals surface area contributed by atoms with E-state index in [2.05, 4.69) is 17.5 Å². The van der Waals surface area contributed by atoms with Crippen LogP contribution in [0.4, 0.5) is 0 Å². The topological polar surface area (TPSA) is 45.0 Å². The molecule has 1 aliphatic heterocycles. The van der Waals surface area contributed by atoms with Gasteiger partial charge in [-0.15, -0.1) is 0 Å². The summed E-state index contributed by atoms with van der Waals surface area (Å²) >= 11 is 0. The summed E-state index contributed by atoms with van der Waals surface area (Å²) in [7, 11) is 1.69. The number of hydrogen-bond donors (Lipinski definition) is 1. The number of benzene rings is 1. The quantitative estimate of drug-likeness (QED) is 0.842. The van der Waals surface area contributed by atoms with Crippen LogP contribution in [0.3, 0.4) is 0 Å². The standard InChI is InChI=1S/C13H16N2O/c1-16-13-5-4-10(6-7-14)9-11(13)12-3-2-8-15-12/h4-5,9,12,15H,2-3,6,8H2,1H3/t12-/m1/s1. The van der Waals surface area contributed by atoms with Gasteiger partial charge in [0.1, 0.15) is 5.75 Å². The molecule has 0 aliphatic carbocycles. The van der Waals surface area contributed by atoms with Crippen LogP contribution in [-0.2, 0) is 6.42 Å². The Bertz CT molecular complexity index is 403. The molecule has 1 aromatic carbocycles. The van der Waals surface area contributed by atoms with Crippen molar-refractivity contribution in [2.75, 3.05) is 13.7 Å². The van der Waals surface area contributed by atoms with Crippen LogP contribution >= 0.6 is 0 Å². The fourth-order valence-electron chi connectivity index (χ4n) is 2.21. The van der Waals surface area contributed by atoms with E-state index >= 15 is 0 Å². The molecule has 2 rings (SSSR count). The molecular formula is C13H16N2O. The van der Waals surface area contributed by atoms with Crippen molar-refractivity contribution < 1.29 is 4.74 Å². The molecule has 16 heavy (non-hydrogen) atoms. The molecule has 1 heterocycles. The van der Waals surface area contributed by atoms with E-state index in [-0.39, 0.29) is 0 Å². The van der Waals surface area contributed by atoms with Crippen LogP contribution in [0.2, 0.25) is 0 Å². The average molecular weight is 216 g/mol. The average Bonchev–Trinajstić information content (AvgIpc) is 2.83. The molecule has 0 saturated carbocycles. The molecule has 0 amide bonds. The summed E-state index contributed by atoms with van der Waals surface area (Å²) in [6.07, 6.45) is 2.81. The van der Waals surface area contributed by atoms with Crippen molar-refractivity contribution in [2.24, 2.45) is 0 Å². The lowest BCUT2D eigenvalue weighted by Crippen LogP contribution is -2.14. The van der Waals surface area contributed by atoms with Crippen LogP contribution in [0, 0.1) is 11.3 Å². The maximum Gasteiger partial charge on any atom is 0.123 e. The largest absolute Gasteiger partial charge is 0.496 e. The number of nitrogens with one attached hydrogen (secondary N) is 1. The summed E-state index contributed by atoms with van der Waals surface area (Å²) in [5.41, 5.74) is 2.25. The lowest BCUT2D eigenvalue weighted by molar-refractivity contribution is 0.403. The normalized spacial score (nSPS) is 19.4. The zero-order valence-corrected chi connectivity index (χ0v) is 9.49. The summed E-state index contributed by atoms with van der Waals surface area (Å²) in [4.78, 5) is 0. The molecule has 0 bridgehead atoms. The Hall–Kier alpha value is -1.53. The molecule has 3 nitrogen and oxygen atoms in total. The highest BCUT2D eigenvalue weighted by atomic mass is 16.5. The Morgan fingerprint density at radius 2 is 2.44 bits per heavy atom. The smallest absolute Gasteiger partial charge is 0.123 e. The van der Waals surface area contributed by atoms with Crippen molar-refractivity contribution in [3.05, 3.63) is 29.3 Å². The summed E-state index contributed by atoms with van der Waals surface area (Å²) in [6.45, 7) is 1.07. The predicted molar refractivity (Wildman–Crippen MR) is 62.3 cm³/mol. The predicted octanol–water partition coefficient (Wildman–Crippen LogP) is 2.19. The van der Waals surface area contributed by atoms with E-state index in [1.807, 2.05) is 12.1 Å². The van der Waals surface area contributed by atoms with E-state index in [0.717, 1.165) is 24.3 Å². The van der Waals surface area contributed by atoms with Gasteiger partial charge in [-0.25, -0.2) is 0 Å². The molecule has 0 spiro atoms. The monoisotopic (exact) mass is 216 g/mol. The maximum absolute atomic E-state index is 8.71. The minimum Gasteiger partial charge on any atom is -0.496 e. The number of rotatable bonds is 3. The van der Waals surface area contributed by atoms with Gasteiger partial charge in [-0.1, -0.05) is 6.07 Å². The lowest BCUT2D eigenvalue weighted by atomic mass is 10.0. The second-order valence-electron chi connectivity index (χ2n) is 4.06. The molecule has 3 heteroatoms. The number of ether oxygens (including phenoxy) is 1. The minimum absolute atomic E-state index is 0.383. The molecule has 1 N–H and O–H groups in total. The highest BCUT2D eigenvalue weighted by Gasteiger charge is 2.19. The van der Waals surface area contributed by atoms with Crippen molar-refractivity contribution >= 4 is 0 Å². The van der Waals surface area contributed by atoms with Gasteiger partial charge in [0.25, 0.3) is 0 Å². The number of methoxy groups -OCH3 is 1. The molecule has 1 aromatic rings. The third kappa shape index (κ3) is 2.17. The Morgan fingerprint density at radius 1 is 1.56 bits per heavy atom. The van der Waals surface area contributed by atoms with Crippen LogP contribution in [-0.4, -0.2) is 13.7 Å². The molecule has 0 aromatic heterocycles. The Labute approximate surface area is 96.0 Å². The van der Waals surface area contributed by atoms with Gasteiger partial charge in [0.15, 0.2) is 0 Å². The third-order valence-corrected chi connectivity index (χ3v) is 3.01. The fourth-order valence-corrected chi connectivity index (χ4v) is 2.21. The summed E-state index contributed by atoms with van der Waals surface area (Å²) in [6, 6.07) is 8.57. The van der Waals surface area contributed by atoms with Gasteiger partial charge >= 0.3 is 0 Å². The highest BCUT2D eigenvalue weighted by Crippen LogP contribution is 2.31. The van der Waals surface area contributed by atoms with Crippen LogP contribution < -0.4 is 10.1 Å². The van der Waals surface area contributed by atoms with E-state index in [4.69, 9.17) is 10.00 Å². The van der Waals surface area contributed by atoms with Crippen LogP contribution in [0.15, 0.2) is 18.2 Å². The first-order valence-corrected chi connectivity index (χ1v) is 5.62. The van der Waals surface area contributed by atoms with E-state index in [0.29, 0.717) is 12.5 Å². The molecule has 1 atom stereocenters. The van der Waals surface area contributed by atoms with Gasteiger partial charge in [-0.05, 0) is 37.1 Å². The van der Waals surface area contributed by atoms with Gasteiger partial charge < -0.3 is 10.1 Å². The van der Waals surface area contributed by atoms with E-state index in [9.17, 15) is 0 Å². The molecular weight excluding hydrogens is 200 g/mol. The Kier molecular flexibility index (Phi) is 3.43. The van der Waals surface area contributed by atoms with Crippen LogP contribution in [0.25, 0.3) is 0 Å². The van der Waals surface area contributed by atoms with Gasteiger partial charge in [-0.2, -0.15) is 5.26 Å². The summed E-state index contributed by atoms with van der Waals surface area (Å²) in [5, 5.41) is 12.2. The van der Waals surface area contributed by atoms with E-state index < -0.39 is 0 Å². The maximum atomic E-state index is 8.71. The van der Waals surface area contributed by atoms with Crippen LogP contribution in [0.5, 0.6) is 5.75 Å². The fraction of sp³-hybridized carbons (Fsp3) is 0.462. The SMILES string of the molecule is COc1ccc(CC#N)cc1[C@H]1CCCN1. The molecule has 0 unspecified atom stereocenters. The van der Waals surface area contributed by atoms with Gasteiger partial charge in [0, 0.05) is 11.6 Å². The lowest BCUT2D eigenvalue weighted by Gasteiger charge is -2.15. The Balaban J connectivity index is 2.31. The first-order valence-electron chi connectivity index (χ1n) is 5.62. The summed E-state index contributed by atoms with van der Waals surface area (Å²) < 4.78 is 5.37. The van der Waals surface area contributed by atoms with Gasteiger partial charge in [0.2, 0.25) is 0 Å². The van der Waals surface area contributed by atoms with E-state index in [1.54, 1.807) is 7.11 Å². The molecule has 1 fully saturated rings. The first-order chi connectivity index (χ1) is 7.85. The third-order valence-electron chi connectivity index (χ3n) is 3.01. The van der Waals surface area contributed by atoms with Gasteiger partial charge in [-0.3, -0.25) is 0 Å². The molecule has 84 valence electrons. The van der Waals surface area contributed by atoms with Crippen LogP contribution in [0.1, 0.15) is 30.0 Å². The summed E-state index contributed by atoms with van der Waals surface area (Å²) in [5.74, 6) is 0.918. The highest BCUT2D eigenvalue weighted by molar-refractivity contribution is 5.40. The Morgan fingerprint density at radius 3 is 3.06 bits per heavy atom. The zero-order valence-electron chi connectivity index (χ0n) is 9.49.